The molecular weight excluding hydrogens is 172 g/mol. The number of nitrogens with one attached hydrogen (secondary N) is 1. The van der Waals surface area contributed by atoms with Crippen molar-refractivity contribution in [3.8, 4) is 12.3 Å². The van der Waals surface area contributed by atoms with Gasteiger partial charge in [0.25, 0.3) is 0 Å². The van der Waals surface area contributed by atoms with Crippen molar-refractivity contribution in [3.63, 3.8) is 0 Å². The molecule has 0 radical (unpaired) electrons. The molecule has 0 bridgehead atoms. The second kappa shape index (κ2) is 9.05. The largest absolute Gasteiger partial charge is 0.316 e. The SMILES string of the molecule is C#CCCNCCCCN(C)C(C)C. The molecule has 0 atom stereocenters. The number of hydrogen-bond donors (Lipinski definition) is 1. The van der Waals surface area contributed by atoms with Crippen molar-refractivity contribution in [2.45, 2.75) is 39.2 Å². The van der Waals surface area contributed by atoms with E-state index in [1.54, 1.807) is 0 Å². The number of terminal acetylenes is 1. The highest BCUT2D eigenvalue weighted by atomic mass is 15.1. The summed E-state index contributed by atoms with van der Waals surface area (Å²) in [5.74, 6) is 2.62. The zero-order valence-electron chi connectivity index (χ0n) is 9.84. The maximum atomic E-state index is 5.15. The molecule has 0 aromatic carbocycles. The van der Waals surface area contributed by atoms with Crippen molar-refractivity contribution in [3.05, 3.63) is 0 Å². The lowest BCUT2D eigenvalue weighted by molar-refractivity contribution is 0.268. The highest BCUT2D eigenvalue weighted by molar-refractivity contribution is 4.83. The monoisotopic (exact) mass is 196 g/mol. The summed E-state index contributed by atoms with van der Waals surface area (Å²) in [7, 11) is 2.18. The van der Waals surface area contributed by atoms with Crippen LogP contribution in [0.25, 0.3) is 0 Å². The highest BCUT2D eigenvalue weighted by Crippen LogP contribution is 1.97. The van der Waals surface area contributed by atoms with E-state index in [4.69, 9.17) is 6.42 Å². The maximum absolute atomic E-state index is 5.15. The number of rotatable bonds is 8. The van der Waals surface area contributed by atoms with Crippen LogP contribution in [-0.4, -0.2) is 37.6 Å². The summed E-state index contributed by atoms with van der Waals surface area (Å²) in [6.07, 6.45) is 8.48. The molecular formula is C12H24N2. The molecule has 0 aliphatic carbocycles. The Morgan fingerprint density at radius 1 is 1.29 bits per heavy atom. The minimum absolute atomic E-state index is 0.657. The molecule has 0 saturated carbocycles. The van der Waals surface area contributed by atoms with Gasteiger partial charge in [-0.1, -0.05) is 0 Å². The van der Waals surface area contributed by atoms with Gasteiger partial charge in [-0.15, -0.1) is 12.3 Å². The average Bonchev–Trinajstić information content (AvgIpc) is 2.16. The second-order valence-electron chi connectivity index (χ2n) is 3.99. The smallest absolute Gasteiger partial charge is 0.0211 e. The van der Waals surface area contributed by atoms with Crippen LogP contribution in [0.1, 0.15) is 33.1 Å². The van der Waals surface area contributed by atoms with E-state index in [1.807, 2.05) is 0 Å². The topological polar surface area (TPSA) is 15.3 Å². The van der Waals surface area contributed by atoms with Gasteiger partial charge in [0.05, 0.1) is 0 Å². The zero-order chi connectivity index (χ0) is 10.8. The van der Waals surface area contributed by atoms with Crippen LogP contribution in [0.2, 0.25) is 0 Å². The van der Waals surface area contributed by atoms with Crippen LogP contribution in [0, 0.1) is 12.3 Å². The molecule has 0 aromatic rings. The van der Waals surface area contributed by atoms with E-state index in [2.05, 4.69) is 37.0 Å². The summed E-state index contributed by atoms with van der Waals surface area (Å²) in [6.45, 7) is 7.69. The normalized spacial score (nSPS) is 10.9. The van der Waals surface area contributed by atoms with Crippen LogP contribution in [-0.2, 0) is 0 Å². The van der Waals surface area contributed by atoms with Gasteiger partial charge >= 0.3 is 0 Å². The number of nitrogens with zero attached hydrogens (tertiary/aromatic N) is 1. The van der Waals surface area contributed by atoms with E-state index in [-0.39, 0.29) is 0 Å². The van der Waals surface area contributed by atoms with Gasteiger partial charge in [0.15, 0.2) is 0 Å². The first-order valence-corrected chi connectivity index (χ1v) is 5.53. The zero-order valence-corrected chi connectivity index (χ0v) is 9.84. The predicted octanol–water partition coefficient (Wildman–Crippen LogP) is 1.72. The fraction of sp³-hybridized carbons (Fsp3) is 0.833. The van der Waals surface area contributed by atoms with Crippen LogP contribution in [0.15, 0.2) is 0 Å². The summed E-state index contributed by atoms with van der Waals surface area (Å²) in [5, 5.41) is 3.33. The Kier molecular flexibility index (Phi) is 8.72. The van der Waals surface area contributed by atoms with Crippen molar-refractivity contribution < 1.29 is 0 Å². The van der Waals surface area contributed by atoms with Crippen molar-refractivity contribution >= 4 is 0 Å². The molecule has 0 amide bonds. The van der Waals surface area contributed by atoms with E-state index in [1.165, 1.54) is 19.4 Å². The van der Waals surface area contributed by atoms with Crippen LogP contribution >= 0.6 is 0 Å². The summed E-state index contributed by atoms with van der Waals surface area (Å²) < 4.78 is 0. The molecule has 0 aliphatic rings. The fourth-order valence-electron chi connectivity index (χ4n) is 1.15. The molecule has 2 heteroatoms. The van der Waals surface area contributed by atoms with Gasteiger partial charge < -0.3 is 10.2 Å². The quantitative estimate of drug-likeness (QED) is 0.470. The van der Waals surface area contributed by atoms with E-state index in [9.17, 15) is 0 Å². The lowest BCUT2D eigenvalue weighted by Gasteiger charge is -2.20. The third kappa shape index (κ3) is 8.10. The molecule has 0 rings (SSSR count). The first-order valence-electron chi connectivity index (χ1n) is 5.53. The van der Waals surface area contributed by atoms with E-state index in [0.717, 1.165) is 19.5 Å². The average molecular weight is 196 g/mol. The van der Waals surface area contributed by atoms with E-state index < -0.39 is 0 Å². The molecule has 0 unspecified atom stereocenters. The number of hydrogen-bond acceptors (Lipinski definition) is 2. The third-order valence-corrected chi connectivity index (χ3v) is 2.44. The van der Waals surface area contributed by atoms with Crippen molar-refractivity contribution in [2.24, 2.45) is 0 Å². The number of unbranched alkanes of at least 4 members (excludes halogenated alkanes) is 1. The molecule has 14 heavy (non-hydrogen) atoms. The summed E-state index contributed by atoms with van der Waals surface area (Å²) >= 11 is 0. The summed E-state index contributed by atoms with van der Waals surface area (Å²) in [5.41, 5.74) is 0. The summed E-state index contributed by atoms with van der Waals surface area (Å²) in [4.78, 5) is 2.38. The minimum Gasteiger partial charge on any atom is -0.316 e. The molecule has 0 aliphatic heterocycles. The molecule has 0 aromatic heterocycles. The standard InChI is InChI=1S/C12H24N2/c1-5-6-9-13-10-7-8-11-14(4)12(2)3/h1,12-13H,6-11H2,2-4H3. The molecule has 2 nitrogen and oxygen atoms in total. The Bertz CT molecular complexity index is 158. The van der Waals surface area contributed by atoms with Crippen LogP contribution in [0.4, 0.5) is 0 Å². The Morgan fingerprint density at radius 2 is 2.00 bits per heavy atom. The van der Waals surface area contributed by atoms with Crippen LogP contribution < -0.4 is 5.32 Å². The van der Waals surface area contributed by atoms with Gasteiger partial charge in [-0.25, -0.2) is 0 Å². The predicted molar refractivity (Wildman–Crippen MR) is 63.3 cm³/mol. The molecule has 0 heterocycles. The maximum Gasteiger partial charge on any atom is 0.0211 e. The van der Waals surface area contributed by atoms with Crippen LogP contribution in [0.3, 0.4) is 0 Å². The Labute approximate surface area is 89.1 Å². The van der Waals surface area contributed by atoms with Crippen molar-refractivity contribution in [1.82, 2.24) is 10.2 Å². The van der Waals surface area contributed by atoms with E-state index >= 15 is 0 Å². The Balaban J connectivity index is 3.10. The summed E-state index contributed by atoms with van der Waals surface area (Å²) in [6, 6.07) is 0.657. The molecule has 82 valence electrons. The fourth-order valence-corrected chi connectivity index (χ4v) is 1.15. The van der Waals surface area contributed by atoms with E-state index in [0.29, 0.717) is 6.04 Å². The van der Waals surface area contributed by atoms with Gasteiger partial charge in [0.2, 0.25) is 0 Å². The molecule has 1 N–H and O–H groups in total. The van der Waals surface area contributed by atoms with Gasteiger partial charge in [-0.3, -0.25) is 0 Å². The van der Waals surface area contributed by atoms with Gasteiger partial charge in [0, 0.05) is 19.0 Å². The lowest BCUT2D eigenvalue weighted by atomic mass is 10.2. The van der Waals surface area contributed by atoms with Gasteiger partial charge in [-0.05, 0) is 46.8 Å². The molecule has 0 spiro atoms. The van der Waals surface area contributed by atoms with Crippen molar-refractivity contribution in [2.75, 3.05) is 26.7 Å². The first-order chi connectivity index (χ1) is 6.68. The molecule has 0 saturated heterocycles. The van der Waals surface area contributed by atoms with Crippen molar-refractivity contribution in [1.29, 1.82) is 0 Å². The third-order valence-electron chi connectivity index (χ3n) is 2.44. The Hall–Kier alpha value is -0.520. The van der Waals surface area contributed by atoms with Crippen LogP contribution in [0.5, 0.6) is 0 Å². The Morgan fingerprint density at radius 3 is 2.57 bits per heavy atom. The minimum atomic E-state index is 0.657. The second-order valence-corrected chi connectivity index (χ2v) is 3.99. The lowest BCUT2D eigenvalue weighted by Crippen LogP contribution is -2.28. The first kappa shape index (κ1) is 13.5. The van der Waals surface area contributed by atoms with Gasteiger partial charge in [0.1, 0.15) is 0 Å². The van der Waals surface area contributed by atoms with Gasteiger partial charge in [-0.2, -0.15) is 0 Å². The molecule has 0 fully saturated rings. The highest BCUT2D eigenvalue weighted by Gasteiger charge is 2.01.